The second kappa shape index (κ2) is 6.91. The first kappa shape index (κ1) is 17.1. The molecule has 0 aliphatic carbocycles. The van der Waals surface area contributed by atoms with Crippen LogP contribution in [-0.4, -0.2) is 16.8 Å². The highest BCUT2D eigenvalue weighted by atomic mass is 32.1. The number of carbonyl (C=O) groups excluding carboxylic acids is 2. The molecule has 2 N–H and O–H groups in total. The predicted molar refractivity (Wildman–Crippen MR) is 93.7 cm³/mol. The summed E-state index contributed by atoms with van der Waals surface area (Å²) >= 11 is 1.32. The highest BCUT2D eigenvalue weighted by Gasteiger charge is 2.22. The summed E-state index contributed by atoms with van der Waals surface area (Å²) in [5, 5.41) is 7.92. The molecule has 5 nitrogen and oxygen atoms in total. The van der Waals surface area contributed by atoms with Crippen LogP contribution in [0.1, 0.15) is 32.0 Å². The van der Waals surface area contributed by atoms with E-state index in [2.05, 4.69) is 15.6 Å². The van der Waals surface area contributed by atoms with Crippen molar-refractivity contribution >= 4 is 34.0 Å². The van der Waals surface area contributed by atoms with Crippen LogP contribution in [0.2, 0.25) is 0 Å². The maximum absolute atomic E-state index is 12.1. The number of carbonyl (C=O) groups is 2. The molecule has 0 spiro atoms. The van der Waals surface area contributed by atoms with Crippen molar-refractivity contribution in [3.63, 3.8) is 0 Å². The van der Waals surface area contributed by atoms with Gasteiger partial charge in [-0.1, -0.05) is 32.9 Å². The molecule has 1 aromatic heterocycles. The van der Waals surface area contributed by atoms with Gasteiger partial charge in [0.05, 0.1) is 12.1 Å². The summed E-state index contributed by atoms with van der Waals surface area (Å²) in [7, 11) is 0. The molecule has 0 bridgehead atoms. The van der Waals surface area contributed by atoms with Gasteiger partial charge in [-0.25, -0.2) is 4.98 Å². The number of aromatic nitrogens is 1. The van der Waals surface area contributed by atoms with Crippen LogP contribution in [0.25, 0.3) is 0 Å². The lowest BCUT2D eigenvalue weighted by molar-refractivity contribution is -0.123. The van der Waals surface area contributed by atoms with Crippen molar-refractivity contribution in [3.05, 3.63) is 40.9 Å². The molecule has 2 amide bonds. The quantitative estimate of drug-likeness (QED) is 0.899. The first-order chi connectivity index (χ1) is 10.7. The van der Waals surface area contributed by atoms with Crippen LogP contribution >= 0.6 is 11.3 Å². The van der Waals surface area contributed by atoms with Gasteiger partial charge in [-0.2, -0.15) is 0 Å². The van der Waals surface area contributed by atoms with Gasteiger partial charge in [0.25, 0.3) is 0 Å². The third-order valence-electron chi connectivity index (χ3n) is 3.10. The Morgan fingerprint density at radius 2 is 1.96 bits per heavy atom. The molecule has 2 rings (SSSR count). The Kier molecular flexibility index (Phi) is 5.15. The number of hydrogen-bond donors (Lipinski definition) is 2. The van der Waals surface area contributed by atoms with E-state index in [0.717, 1.165) is 11.3 Å². The van der Waals surface area contributed by atoms with E-state index in [0.29, 0.717) is 10.8 Å². The maximum Gasteiger partial charge on any atom is 0.231 e. The van der Waals surface area contributed by atoms with Gasteiger partial charge in [-0.3, -0.25) is 9.59 Å². The molecule has 122 valence electrons. The Morgan fingerprint density at radius 1 is 1.22 bits per heavy atom. The second-order valence-corrected chi connectivity index (χ2v) is 7.30. The normalized spacial score (nSPS) is 11.1. The zero-order valence-corrected chi connectivity index (χ0v) is 14.6. The molecular weight excluding hydrogens is 310 g/mol. The number of hydrogen-bond acceptors (Lipinski definition) is 4. The number of anilines is 2. The second-order valence-electron chi connectivity index (χ2n) is 6.44. The summed E-state index contributed by atoms with van der Waals surface area (Å²) in [6.45, 7) is 7.49. The average Bonchev–Trinajstić information content (AvgIpc) is 2.84. The monoisotopic (exact) mass is 331 g/mol. The van der Waals surface area contributed by atoms with E-state index in [1.807, 2.05) is 52.0 Å². The fourth-order valence-electron chi connectivity index (χ4n) is 1.82. The lowest BCUT2D eigenvalue weighted by atomic mass is 9.96. The molecule has 0 aliphatic rings. The summed E-state index contributed by atoms with van der Waals surface area (Å²) in [6.07, 6.45) is 0.176. The molecule has 0 fully saturated rings. The minimum absolute atomic E-state index is 0.0948. The molecule has 0 saturated carbocycles. The first-order valence-corrected chi connectivity index (χ1v) is 8.24. The Morgan fingerprint density at radius 3 is 2.61 bits per heavy atom. The average molecular weight is 331 g/mol. The van der Waals surface area contributed by atoms with Gasteiger partial charge in [0, 0.05) is 16.5 Å². The molecule has 0 radical (unpaired) electrons. The van der Waals surface area contributed by atoms with Crippen molar-refractivity contribution in [1.29, 1.82) is 0 Å². The van der Waals surface area contributed by atoms with E-state index in [4.69, 9.17) is 0 Å². The summed E-state index contributed by atoms with van der Waals surface area (Å²) in [5.41, 5.74) is 2.02. The number of rotatable bonds is 4. The van der Waals surface area contributed by atoms with Crippen LogP contribution < -0.4 is 10.6 Å². The van der Waals surface area contributed by atoms with Gasteiger partial charge in [-0.15, -0.1) is 11.3 Å². The predicted octanol–water partition coefficient (Wildman–Crippen LogP) is 3.62. The smallest absolute Gasteiger partial charge is 0.231 e. The summed E-state index contributed by atoms with van der Waals surface area (Å²) in [6, 6.07) is 7.63. The minimum Gasteiger partial charge on any atom is -0.326 e. The van der Waals surface area contributed by atoms with Gasteiger partial charge >= 0.3 is 0 Å². The topological polar surface area (TPSA) is 71.1 Å². The minimum atomic E-state index is -0.478. The summed E-state index contributed by atoms with van der Waals surface area (Å²) in [4.78, 5) is 28.3. The molecule has 23 heavy (non-hydrogen) atoms. The molecule has 0 aliphatic heterocycles. The van der Waals surface area contributed by atoms with Crippen LogP contribution in [0, 0.1) is 12.3 Å². The van der Waals surface area contributed by atoms with Crippen LogP contribution in [0.3, 0.4) is 0 Å². The van der Waals surface area contributed by atoms with Gasteiger partial charge in [-0.05, 0) is 24.6 Å². The number of aryl methyl sites for hydroxylation is 1. The summed E-state index contributed by atoms with van der Waals surface area (Å²) in [5.74, 6) is -0.225. The highest BCUT2D eigenvalue weighted by molar-refractivity contribution is 7.13. The number of thiazole rings is 1. The molecule has 6 heteroatoms. The van der Waals surface area contributed by atoms with Crippen molar-refractivity contribution in [1.82, 2.24) is 4.98 Å². The molecule has 0 saturated heterocycles. The highest BCUT2D eigenvalue weighted by Crippen LogP contribution is 2.21. The molecule has 1 heterocycles. The van der Waals surface area contributed by atoms with E-state index in [1.165, 1.54) is 11.3 Å². The van der Waals surface area contributed by atoms with Crippen molar-refractivity contribution in [3.8, 4) is 0 Å². The molecule has 0 atom stereocenters. The number of nitrogens with one attached hydrogen (secondary N) is 2. The van der Waals surface area contributed by atoms with Gasteiger partial charge in [0.2, 0.25) is 11.8 Å². The van der Waals surface area contributed by atoms with Crippen LogP contribution in [0.4, 0.5) is 10.8 Å². The van der Waals surface area contributed by atoms with Crippen LogP contribution in [0.5, 0.6) is 0 Å². The third kappa shape index (κ3) is 5.17. The largest absolute Gasteiger partial charge is 0.326 e. The van der Waals surface area contributed by atoms with E-state index in [-0.39, 0.29) is 18.2 Å². The van der Waals surface area contributed by atoms with Crippen molar-refractivity contribution in [2.24, 2.45) is 5.41 Å². The van der Waals surface area contributed by atoms with E-state index >= 15 is 0 Å². The molecule has 1 aromatic carbocycles. The number of benzene rings is 1. The van der Waals surface area contributed by atoms with E-state index in [9.17, 15) is 9.59 Å². The van der Waals surface area contributed by atoms with Gasteiger partial charge < -0.3 is 10.6 Å². The zero-order chi connectivity index (χ0) is 17.0. The van der Waals surface area contributed by atoms with Crippen molar-refractivity contribution in [2.45, 2.75) is 34.1 Å². The fourth-order valence-corrected chi connectivity index (χ4v) is 2.53. The van der Waals surface area contributed by atoms with Crippen LogP contribution in [-0.2, 0) is 16.0 Å². The number of amides is 2. The van der Waals surface area contributed by atoms with Crippen LogP contribution in [0.15, 0.2) is 29.6 Å². The lowest BCUT2D eigenvalue weighted by Gasteiger charge is -2.15. The fraction of sp³-hybridized carbons (Fsp3) is 0.353. The first-order valence-electron chi connectivity index (χ1n) is 7.36. The van der Waals surface area contributed by atoms with Gasteiger partial charge in [0.1, 0.15) is 0 Å². The van der Waals surface area contributed by atoms with Gasteiger partial charge in [0.15, 0.2) is 5.13 Å². The maximum atomic E-state index is 12.1. The lowest BCUT2D eigenvalue weighted by Crippen LogP contribution is -2.27. The number of nitrogens with zero attached hydrogens (tertiary/aromatic N) is 1. The standard InChI is InChI=1S/C17H21N3O2S/c1-11-6-5-7-12(8-11)18-14(21)9-13-10-23-16(19-13)20-15(22)17(2,3)4/h5-8,10H,9H2,1-4H3,(H,18,21)(H,19,20,22). The molecule has 2 aromatic rings. The van der Waals surface area contributed by atoms with Crippen molar-refractivity contribution < 1.29 is 9.59 Å². The molecular formula is C17H21N3O2S. The zero-order valence-electron chi connectivity index (χ0n) is 13.8. The van der Waals surface area contributed by atoms with E-state index < -0.39 is 5.41 Å². The Bertz CT molecular complexity index is 717. The molecule has 0 unspecified atom stereocenters. The van der Waals surface area contributed by atoms with E-state index in [1.54, 1.807) is 5.38 Å². The van der Waals surface area contributed by atoms with Crippen molar-refractivity contribution in [2.75, 3.05) is 10.6 Å². The summed E-state index contributed by atoms with van der Waals surface area (Å²) < 4.78 is 0. The Balaban J connectivity index is 1.93. The Labute approximate surface area is 140 Å². The SMILES string of the molecule is Cc1cccc(NC(=O)Cc2csc(NC(=O)C(C)(C)C)n2)c1. The third-order valence-corrected chi connectivity index (χ3v) is 3.90. The Hall–Kier alpha value is -2.21.